The second-order valence-corrected chi connectivity index (χ2v) is 5.58. The SMILES string of the molecule is Cc1ccc(-c2nc(N)c(C#N)c(-c3ccc(Cl)cc3)n2)cc1. The fourth-order valence-electron chi connectivity index (χ4n) is 2.24. The highest BCUT2D eigenvalue weighted by Crippen LogP contribution is 2.28. The van der Waals surface area contributed by atoms with Crippen molar-refractivity contribution in [2.24, 2.45) is 0 Å². The lowest BCUT2D eigenvalue weighted by atomic mass is 10.1. The van der Waals surface area contributed by atoms with E-state index >= 15 is 0 Å². The van der Waals surface area contributed by atoms with Gasteiger partial charge in [-0.15, -0.1) is 0 Å². The minimum atomic E-state index is 0.169. The quantitative estimate of drug-likeness (QED) is 0.766. The van der Waals surface area contributed by atoms with E-state index in [-0.39, 0.29) is 11.4 Å². The Bertz CT molecular complexity index is 894. The van der Waals surface area contributed by atoms with Crippen molar-refractivity contribution in [1.29, 1.82) is 5.26 Å². The molecule has 0 radical (unpaired) electrons. The van der Waals surface area contributed by atoms with Crippen molar-refractivity contribution >= 4 is 17.4 Å². The van der Waals surface area contributed by atoms with Gasteiger partial charge in [0.15, 0.2) is 5.82 Å². The molecule has 5 heteroatoms. The Morgan fingerprint density at radius 3 is 2.17 bits per heavy atom. The Morgan fingerprint density at radius 2 is 1.57 bits per heavy atom. The number of aromatic nitrogens is 2. The van der Waals surface area contributed by atoms with E-state index in [0.29, 0.717) is 16.5 Å². The van der Waals surface area contributed by atoms with Gasteiger partial charge in [-0.3, -0.25) is 0 Å². The summed E-state index contributed by atoms with van der Waals surface area (Å²) in [4.78, 5) is 8.81. The van der Waals surface area contributed by atoms with Gasteiger partial charge in [-0.1, -0.05) is 53.6 Å². The number of hydrogen-bond donors (Lipinski definition) is 1. The van der Waals surface area contributed by atoms with Gasteiger partial charge in [-0.25, -0.2) is 9.97 Å². The van der Waals surface area contributed by atoms with Crippen molar-refractivity contribution in [3.63, 3.8) is 0 Å². The molecule has 0 aliphatic carbocycles. The van der Waals surface area contributed by atoms with Gasteiger partial charge >= 0.3 is 0 Å². The van der Waals surface area contributed by atoms with Gasteiger partial charge in [0.05, 0.1) is 5.69 Å². The van der Waals surface area contributed by atoms with Gasteiger partial charge in [0, 0.05) is 16.1 Å². The maximum Gasteiger partial charge on any atom is 0.162 e. The maximum atomic E-state index is 9.38. The standard InChI is InChI=1S/C18H13ClN4/c1-11-2-4-13(5-3-11)18-22-16(15(10-20)17(21)23-18)12-6-8-14(19)9-7-12/h2-9H,1H3,(H2,21,22,23). The number of aryl methyl sites for hydroxylation is 1. The van der Waals surface area contributed by atoms with Gasteiger partial charge in [-0.05, 0) is 19.1 Å². The molecule has 1 heterocycles. The molecule has 0 aliphatic rings. The van der Waals surface area contributed by atoms with E-state index in [2.05, 4.69) is 16.0 Å². The zero-order valence-corrected chi connectivity index (χ0v) is 13.2. The van der Waals surface area contributed by atoms with Crippen molar-refractivity contribution in [1.82, 2.24) is 9.97 Å². The Labute approximate surface area is 139 Å². The smallest absolute Gasteiger partial charge is 0.162 e. The molecule has 4 nitrogen and oxygen atoms in total. The molecule has 0 unspecified atom stereocenters. The molecule has 0 saturated heterocycles. The molecule has 0 bridgehead atoms. The van der Waals surface area contributed by atoms with Crippen molar-refractivity contribution in [3.8, 4) is 28.7 Å². The molecule has 0 atom stereocenters. The van der Waals surface area contributed by atoms with Crippen LogP contribution in [0.2, 0.25) is 5.02 Å². The van der Waals surface area contributed by atoms with Crippen LogP contribution in [0.3, 0.4) is 0 Å². The van der Waals surface area contributed by atoms with E-state index in [1.165, 1.54) is 0 Å². The summed E-state index contributed by atoms with van der Waals surface area (Å²) >= 11 is 5.92. The van der Waals surface area contributed by atoms with Crippen LogP contribution in [-0.2, 0) is 0 Å². The predicted molar refractivity (Wildman–Crippen MR) is 91.8 cm³/mol. The lowest BCUT2D eigenvalue weighted by molar-refractivity contribution is 1.17. The number of rotatable bonds is 2. The van der Waals surface area contributed by atoms with Crippen LogP contribution < -0.4 is 5.73 Å². The van der Waals surface area contributed by atoms with Crippen molar-refractivity contribution in [3.05, 3.63) is 64.7 Å². The summed E-state index contributed by atoms with van der Waals surface area (Å²) < 4.78 is 0. The van der Waals surface area contributed by atoms with Crippen LogP contribution in [-0.4, -0.2) is 9.97 Å². The minimum Gasteiger partial charge on any atom is -0.382 e. The highest BCUT2D eigenvalue weighted by molar-refractivity contribution is 6.30. The lowest BCUT2D eigenvalue weighted by Gasteiger charge is -2.09. The number of nitriles is 1. The van der Waals surface area contributed by atoms with Crippen molar-refractivity contribution in [2.75, 3.05) is 5.73 Å². The van der Waals surface area contributed by atoms with Crippen LogP contribution >= 0.6 is 11.6 Å². The summed E-state index contributed by atoms with van der Waals surface area (Å²) in [6, 6.07) is 17.0. The Kier molecular flexibility index (Phi) is 3.96. The third-order valence-corrected chi connectivity index (χ3v) is 3.73. The molecule has 0 aliphatic heterocycles. The number of nitrogen functional groups attached to an aromatic ring is 1. The first kappa shape index (κ1) is 15.0. The lowest BCUT2D eigenvalue weighted by Crippen LogP contribution is -2.03. The van der Waals surface area contributed by atoms with Gasteiger partial charge in [-0.2, -0.15) is 5.26 Å². The first-order valence-corrected chi connectivity index (χ1v) is 7.37. The molecule has 112 valence electrons. The van der Waals surface area contributed by atoms with Gasteiger partial charge in [0.1, 0.15) is 17.5 Å². The molecule has 23 heavy (non-hydrogen) atoms. The average molecular weight is 321 g/mol. The number of benzene rings is 2. The van der Waals surface area contributed by atoms with Crippen LogP contribution in [0.1, 0.15) is 11.1 Å². The number of nitrogens with zero attached hydrogens (tertiary/aromatic N) is 3. The van der Waals surface area contributed by atoms with Crippen LogP contribution in [0.4, 0.5) is 5.82 Å². The number of halogens is 1. The number of nitrogens with two attached hydrogens (primary N) is 1. The van der Waals surface area contributed by atoms with E-state index in [0.717, 1.165) is 16.7 Å². The molecule has 2 N–H and O–H groups in total. The Balaban J connectivity index is 2.20. The van der Waals surface area contributed by atoms with E-state index in [4.69, 9.17) is 17.3 Å². The topological polar surface area (TPSA) is 75.6 Å². The molecule has 2 aromatic carbocycles. The third-order valence-electron chi connectivity index (χ3n) is 3.48. The maximum absolute atomic E-state index is 9.38. The van der Waals surface area contributed by atoms with Crippen LogP contribution in [0.5, 0.6) is 0 Å². The molecular weight excluding hydrogens is 308 g/mol. The molecule has 3 rings (SSSR count). The summed E-state index contributed by atoms with van der Waals surface area (Å²) in [5.41, 5.74) is 9.51. The summed E-state index contributed by atoms with van der Waals surface area (Å²) in [7, 11) is 0. The normalized spacial score (nSPS) is 10.3. The highest BCUT2D eigenvalue weighted by atomic mass is 35.5. The summed E-state index contributed by atoms with van der Waals surface area (Å²) in [5.74, 6) is 0.662. The van der Waals surface area contributed by atoms with Crippen LogP contribution in [0.15, 0.2) is 48.5 Å². The first-order chi connectivity index (χ1) is 11.1. The number of anilines is 1. The molecule has 0 saturated carbocycles. The highest BCUT2D eigenvalue weighted by Gasteiger charge is 2.15. The molecule has 0 fully saturated rings. The molecule has 0 amide bonds. The Hall–Kier alpha value is -2.90. The fraction of sp³-hybridized carbons (Fsp3) is 0.0556. The first-order valence-electron chi connectivity index (χ1n) is 6.99. The molecule has 3 aromatic rings. The van der Waals surface area contributed by atoms with Crippen LogP contribution in [0.25, 0.3) is 22.6 Å². The molecule has 0 spiro atoms. The predicted octanol–water partition coefficient (Wildman–Crippen LogP) is 4.23. The van der Waals surface area contributed by atoms with E-state index in [1.54, 1.807) is 12.1 Å². The zero-order valence-electron chi connectivity index (χ0n) is 12.4. The number of hydrogen-bond acceptors (Lipinski definition) is 4. The van der Waals surface area contributed by atoms with E-state index < -0.39 is 0 Å². The summed E-state index contributed by atoms with van der Waals surface area (Å²) in [6.07, 6.45) is 0. The monoisotopic (exact) mass is 320 g/mol. The summed E-state index contributed by atoms with van der Waals surface area (Å²) in [6.45, 7) is 2.01. The molecular formula is C18H13ClN4. The van der Waals surface area contributed by atoms with Crippen molar-refractivity contribution in [2.45, 2.75) is 6.92 Å². The molecule has 1 aromatic heterocycles. The summed E-state index contributed by atoms with van der Waals surface area (Å²) in [5, 5.41) is 10.00. The van der Waals surface area contributed by atoms with Crippen LogP contribution in [0, 0.1) is 18.3 Å². The fourth-order valence-corrected chi connectivity index (χ4v) is 2.36. The second-order valence-electron chi connectivity index (χ2n) is 5.14. The van der Waals surface area contributed by atoms with E-state index in [9.17, 15) is 5.26 Å². The van der Waals surface area contributed by atoms with Gasteiger partial charge in [0.2, 0.25) is 0 Å². The van der Waals surface area contributed by atoms with Gasteiger partial charge < -0.3 is 5.73 Å². The third kappa shape index (κ3) is 3.01. The van der Waals surface area contributed by atoms with Crippen molar-refractivity contribution < 1.29 is 0 Å². The van der Waals surface area contributed by atoms with E-state index in [1.807, 2.05) is 43.3 Å². The Morgan fingerprint density at radius 1 is 0.957 bits per heavy atom. The minimum absolute atomic E-state index is 0.169. The second kappa shape index (κ2) is 6.07. The largest absolute Gasteiger partial charge is 0.382 e. The zero-order chi connectivity index (χ0) is 16.4. The average Bonchev–Trinajstić information content (AvgIpc) is 2.55. The van der Waals surface area contributed by atoms with Gasteiger partial charge in [0.25, 0.3) is 0 Å².